The van der Waals surface area contributed by atoms with Crippen LogP contribution in [-0.2, 0) is 11.2 Å². The van der Waals surface area contributed by atoms with Crippen molar-refractivity contribution in [2.45, 2.75) is 44.2 Å². The Hall–Kier alpha value is -1.55. The molecule has 108 valence electrons. The van der Waals surface area contributed by atoms with E-state index < -0.39 is 0 Å². The van der Waals surface area contributed by atoms with Crippen LogP contribution < -0.4 is 11.1 Å². The molecule has 2 aliphatic rings. The van der Waals surface area contributed by atoms with Gasteiger partial charge in [-0.15, -0.1) is 0 Å². The molecular formula is C16H23N3O. The number of piperidine rings is 1. The lowest BCUT2D eigenvalue weighted by Gasteiger charge is -2.32. The number of nitrogens with two attached hydrogens (primary N) is 1. The van der Waals surface area contributed by atoms with Crippen LogP contribution in [0.4, 0.5) is 5.69 Å². The first-order valence-corrected chi connectivity index (χ1v) is 7.60. The fourth-order valence-electron chi connectivity index (χ4n) is 3.56. The van der Waals surface area contributed by atoms with Gasteiger partial charge >= 0.3 is 0 Å². The van der Waals surface area contributed by atoms with Crippen LogP contribution in [0.5, 0.6) is 0 Å². The van der Waals surface area contributed by atoms with Gasteiger partial charge < -0.3 is 11.1 Å². The van der Waals surface area contributed by atoms with Crippen LogP contribution in [-0.4, -0.2) is 36.0 Å². The third kappa shape index (κ3) is 2.96. The van der Waals surface area contributed by atoms with Gasteiger partial charge in [-0.05, 0) is 43.5 Å². The number of hydrogen-bond acceptors (Lipinski definition) is 3. The molecule has 4 heteroatoms. The van der Waals surface area contributed by atoms with Crippen LogP contribution in [0, 0.1) is 0 Å². The predicted octanol–water partition coefficient (Wildman–Crippen LogP) is 1.55. The summed E-state index contributed by atoms with van der Waals surface area (Å²) in [7, 11) is 0. The predicted molar refractivity (Wildman–Crippen MR) is 80.3 cm³/mol. The molecule has 3 N–H and O–H groups in total. The largest absolute Gasteiger partial charge is 0.399 e. The van der Waals surface area contributed by atoms with Crippen LogP contribution >= 0.6 is 0 Å². The summed E-state index contributed by atoms with van der Waals surface area (Å²) in [4.78, 5) is 14.7. The van der Waals surface area contributed by atoms with Gasteiger partial charge in [0.25, 0.3) is 0 Å². The smallest absolute Gasteiger partial charge is 0.224 e. The maximum Gasteiger partial charge on any atom is 0.224 e. The number of nitrogens with one attached hydrogen (secondary N) is 1. The van der Waals surface area contributed by atoms with Gasteiger partial charge in [-0.1, -0.05) is 18.6 Å². The van der Waals surface area contributed by atoms with Crippen molar-refractivity contribution in [3.8, 4) is 0 Å². The van der Waals surface area contributed by atoms with Crippen molar-refractivity contribution in [2.24, 2.45) is 0 Å². The molecule has 2 fully saturated rings. The zero-order chi connectivity index (χ0) is 13.9. The highest BCUT2D eigenvalue weighted by Crippen LogP contribution is 2.27. The Balaban J connectivity index is 1.56. The lowest BCUT2D eigenvalue weighted by Crippen LogP contribution is -2.47. The van der Waals surface area contributed by atoms with E-state index in [4.69, 9.17) is 5.73 Å². The minimum atomic E-state index is 0.119. The standard InChI is InChI=1S/C16H23N3O/c17-13-5-3-4-12(10-13)11-16(20)18-14-7-9-19-8-2-1-6-15(14)19/h3-5,10,14-15H,1-2,6-9,11,17H2,(H,18,20). The van der Waals surface area contributed by atoms with Gasteiger partial charge in [-0.2, -0.15) is 0 Å². The van der Waals surface area contributed by atoms with E-state index in [9.17, 15) is 4.79 Å². The number of fused-ring (bicyclic) bond motifs is 1. The van der Waals surface area contributed by atoms with E-state index in [-0.39, 0.29) is 5.91 Å². The molecule has 20 heavy (non-hydrogen) atoms. The van der Waals surface area contributed by atoms with Crippen LogP contribution in [0.1, 0.15) is 31.2 Å². The first-order valence-electron chi connectivity index (χ1n) is 7.60. The van der Waals surface area contributed by atoms with Gasteiger partial charge in [0.05, 0.1) is 6.42 Å². The van der Waals surface area contributed by atoms with Crippen molar-refractivity contribution < 1.29 is 4.79 Å². The van der Waals surface area contributed by atoms with Gasteiger partial charge in [0.2, 0.25) is 5.91 Å². The Morgan fingerprint density at radius 2 is 2.20 bits per heavy atom. The number of rotatable bonds is 3. The molecule has 0 radical (unpaired) electrons. The number of benzene rings is 1. The van der Waals surface area contributed by atoms with Crippen molar-refractivity contribution >= 4 is 11.6 Å². The number of carbonyl (C=O) groups excluding carboxylic acids is 1. The summed E-state index contributed by atoms with van der Waals surface area (Å²) in [5.74, 6) is 0.119. The molecule has 1 aromatic rings. The maximum atomic E-state index is 12.2. The number of amides is 1. The van der Waals surface area contributed by atoms with Gasteiger partial charge in [0.15, 0.2) is 0 Å². The van der Waals surface area contributed by atoms with E-state index in [1.165, 1.54) is 25.8 Å². The molecule has 2 aliphatic heterocycles. The second-order valence-corrected chi connectivity index (χ2v) is 5.98. The van der Waals surface area contributed by atoms with Crippen molar-refractivity contribution in [3.63, 3.8) is 0 Å². The number of carbonyl (C=O) groups is 1. The molecule has 2 atom stereocenters. The molecule has 3 rings (SSSR count). The fraction of sp³-hybridized carbons (Fsp3) is 0.562. The number of anilines is 1. The third-order valence-corrected chi connectivity index (χ3v) is 4.52. The van der Waals surface area contributed by atoms with E-state index in [0.29, 0.717) is 18.5 Å². The summed E-state index contributed by atoms with van der Waals surface area (Å²) in [6.45, 7) is 2.33. The Bertz CT molecular complexity index is 488. The monoisotopic (exact) mass is 273 g/mol. The molecule has 0 aliphatic carbocycles. The van der Waals surface area contributed by atoms with Gasteiger partial charge in [-0.25, -0.2) is 0 Å². The lowest BCUT2D eigenvalue weighted by atomic mass is 9.99. The first kappa shape index (κ1) is 13.4. The highest BCUT2D eigenvalue weighted by atomic mass is 16.1. The van der Waals surface area contributed by atoms with Crippen molar-refractivity contribution in [3.05, 3.63) is 29.8 Å². The average molecular weight is 273 g/mol. The minimum absolute atomic E-state index is 0.119. The van der Waals surface area contributed by atoms with E-state index in [1.807, 2.05) is 24.3 Å². The molecule has 2 saturated heterocycles. The SMILES string of the molecule is Nc1cccc(CC(=O)NC2CCN3CCCCC23)c1. The summed E-state index contributed by atoms with van der Waals surface area (Å²) in [6.07, 6.45) is 5.34. The normalized spacial score (nSPS) is 26.2. The van der Waals surface area contributed by atoms with E-state index in [1.54, 1.807) is 0 Å². The Morgan fingerprint density at radius 1 is 1.30 bits per heavy atom. The molecule has 4 nitrogen and oxygen atoms in total. The van der Waals surface area contributed by atoms with Crippen LogP contribution in [0.25, 0.3) is 0 Å². The quantitative estimate of drug-likeness (QED) is 0.822. The number of nitrogen functional groups attached to an aromatic ring is 1. The van der Waals surface area contributed by atoms with Crippen LogP contribution in [0.15, 0.2) is 24.3 Å². The molecule has 0 bridgehead atoms. The second kappa shape index (κ2) is 5.83. The maximum absolute atomic E-state index is 12.2. The molecule has 2 heterocycles. The molecule has 1 aromatic carbocycles. The molecule has 2 unspecified atom stereocenters. The van der Waals surface area contributed by atoms with Crippen molar-refractivity contribution in [1.82, 2.24) is 10.2 Å². The van der Waals surface area contributed by atoms with E-state index in [2.05, 4.69) is 10.2 Å². The van der Waals surface area contributed by atoms with Gasteiger partial charge in [0.1, 0.15) is 0 Å². The number of nitrogens with zero attached hydrogens (tertiary/aromatic N) is 1. The Kier molecular flexibility index (Phi) is 3.92. The Morgan fingerprint density at radius 3 is 3.05 bits per heavy atom. The highest BCUT2D eigenvalue weighted by molar-refractivity contribution is 5.79. The van der Waals surface area contributed by atoms with Gasteiger partial charge in [-0.3, -0.25) is 9.69 Å². The van der Waals surface area contributed by atoms with Crippen molar-refractivity contribution in [1.29, 1.82) is 0 Å². The minimum Gasteiger partial charge on any atom is -0.399 e. The lowest BCUT2D eigenvalue weighted by molar-refractivity contribution is -0.121. The van der Waals surface area contributed by atoms with E-state index in [0.717, 1.165) is 24.2 Å². The average Bonchev–Trinajstić information content (AvgIpc) is 2.82. The summed E-state index contributed by atoms with van der Waals surface area (Å²) < 4.78 is 0. The second-order valence-electron chi connectivity index (χ2n) is 5.98. The highest BCUT2D eigenvalue weighted by Gasteiger charge is 2.35. The summed E-state index contributed by atoms with van der Waals surface area (Å²) in [6, 6.07) is 8.48. The third-order valence-electron chi connectivity index (χ3n) is 4.52. The van der Waals surface area contributed by atoms with Gasteiger partial charge in [0, 0.05) is 24.3 Å². The zero-order valence-electron chi connectivity index (χ0n) is 11.8. The Labute approximate surface area is 120 Å². The summed E-state index contributed by atoms with van der Waals surface area (Å²) in [5.41, 5.74) is 7.45. The molecule has 0 spiro atoms. The molecule has 0 aromatic heterocycles. The molecule has 0 saturated carbocycles. The number of hydrogen-bond donors (Lipinski definition) is 2. The first-order chi connectivity index (χ1) is 9.72. The van der Waals surface area contributed by atoms with E-state index >= 15 is 0 Å². The summed E-state index contributed by atoms with van der Waals surface area (Å²) in [5, 5.41) is 3.22. The van der Waals surface area contributed by atoms with Crippen LogP contribution in [0.3, 0.4) is 0 Å². The molecule has 1 amide bonds. The van der Waals surface area contributed by atoms with Crippen molar-refractivity contribution in [2.75, 3.05) is 18.8 Å². The topological polar surface area (TPSA) is 58.4 Å². The summed E-state index contributed by atoms with van der Waals surface area (Å²) >= 11 is 0. The van der Waals surface area contributed by atoms with Crippen LogP contribution in [0.2, 0.25) is 0 Å². The fourth-order valence-corrected chi connectivity index (χ4v) is 3.56. The zero-order valence-corrected chi connectivity index (χ0v) is 11.8. The molecular weight excluding hydrogens is 250 g/mol.